The summed E-state index contributed by atoms with van der Waals surface area (Å²) in [6, 6.07) is 3.27. The van der Waals surface area contributed by atoms with Crippen LogP contribution in [0.1, 0.15) is 11.3 Å². The first-order chi connectivity index (χ1) is 9.70. The highest BCUT2D eigenvalue weighted by Gasteiger charge is 2.21. The fourth-order valence-corrected chi connectivity index (χ4v) is 3.75. The van der Waals surface area contributed by atoms with Gasteiger partial charge in [-0.1, -0.05) is 11.3 Å². The molecule has 3 aromatic rings. The molecule has 1 aromatic carbocycles. The van der Waals surface area contributed by atoms with Gasteiger partial charge in [0.15, 0.2) is 5.13 Å². The standard InChI is InChI=1S/C13H10BrFN4S/c14-8-3-10-12(4-9(8)15)20-13(17-10)19-2-1-7-5-16-18-11(7)6-19/h3-5H,1-2,6H2,(H,16,18). The second-order valence-corrected chi connectivity index (χ2v) is 6.64. The molecule has 1 N–H and O–H groups in total. The fourth-order valence-electron chi connectivity index (χ4n) is 2.43. The molecule has 1 aliphatic rings. The number of aromatic amines is 1. The third-order valence-electron chi connectivity index (χ3n) is 3.50. The summed E-state index contributed by atoms with van der Waals surface area (Å²) >= 11 is 4.72. The summed E-state index contributed by atoms with van der Waals surface area (Å²) in [7, 11) is 0. The minimum Gasteiger partial charge on any atom is -0.342 e. The van der Waals surface area contributed by atoms with Crippen molar-refractivity contribution in [2.45, 2.75) is 13.0 Å². The Balaban J connectivity index is 1.73. The van der Waals surface area contributed by atoms with Crippen LogP contribution in [-0.2, 0) is 13.0 Å². The maximum Gasteiger partial charge on any atom is 0.186 e. The highest BCUT2D eigenvalue weighted by Crippen LogP contribution is 2.33. The van der Waals surface area contributed by atoms with E-state index in [2.05, 4.69) is 36.0 Å². The highest BCUT2D eigenvalue weighted by molar-refractivity contribution is 9.10. The van der Waals surface area contributed by atoms with Crippen molar-refractivity contribution in [2.24, 2.45) is 0 Å². The van der Waals surface area contributed by atoms with Crippen LogP contribution in [0.5, 0.6) is 0 Å². The van der Waals surface area contributed by atoms with E-state index in [1.807, 2.05) is 6.20 Å². The molecule has 0 atom stereocenters. The lowest BCUT2D eigenvalue weighted by Crippen LogP contribution is -2.29. The number of hydrogen-bond acceptors (Lipinski definition) is 4. The summed E-state index contributed by atoms with van der Waals surface area (Å²) in [6.45, 7) is 1.69. The Morgan fingerprint density at radius 3 is 3.20 bits per heavy atom. The minimum absolute atomic E-state index is 0.248. The normalized spacial score (nSPS) is 14.8. The maximum atomic E-state index is 13.6. The van der Waals surface area contributed by atoms with Gasteiger partial charge in [0, 0.05) is 6.54 Å². The van der Waals surface area contributed by atoms with Crippen molar-refractivity contribution in [1.29, 1.82) is 0 Å². The molecule has 0 saturated heterocycles. The van der Waals surface area contributed by atoms with Crippen molar-refractivity contribution >= 4 is 42.6 Å². The van der Waals surface area contributed by atoms with Gasteiger partial charge in [-0.2, -0.15) is 5.10 Å². The molecule has 2 aromatic heterocycles. The Morgan fingerprint density at radius 2 is 2.30 bits per heavy atom. The summed E-state index contributed by atoms with van der Waals surface area (Å²) in [5.41, 5.74) is 3.24. The average Bonchev–Trinajstić information content (AvgIpc) is 3.04. The van der Waals surface area contributed by atoms with Crippen LogP contribution in [-0.4, -0.2) is 21.7 Å². The number of nitrogens with zero attached hydrogens (tertiary/aromatic N) is 3. The third kappa shape index (κ3) is 1.92. The van der Waals surface area contributed by atoms with Gasteiger partial charge >= 0.3 is 0 Å². The minimum atomic E-state index is -0.248. The van der Waals surface area contributed by atoms with Crippen LogP contribution in [0.2, 0.25) is 0 Å². The van der Waals surface area contributed by atoms with E-state index < -0.39 is 0 Å². The van der Waals surface area contributed by atoms with Crippen molar-refractivity contribution in [3.8, 4) is 0 Å². The third-order valence-corrected chi connectivity index (χ3v) is 5.18. The van der Waals surface area contributed by atoms with Crippen molar-refractivity contribution in [3.05, 3.63) is 39.9 Å². The number of H-pyrrole nitrogens is 1. The average molecular weight is 353 g/mol. The van der Waals surface area contributed by atoms with Gasteiger partial charge in [-0.05, 0) is 40.0 Å². The van der Waals surface area contributed by atoms with Crippen LogP contribution in [0, 0.1) is 5.82 Å². The number of halogens is 2. The van der Waals surface area contributed by atoms with Gasteiger partial charge in [0.1, 0.15) is 5.82 Å². The lowest BCUT2D eigenvalue weighted by Gasteiger charge is -2.25. The predicted octanol–water partition coefficient (Wildman–Crippen LogP) is 3.48. The van der Waals surface area contributed by atoms with Gasteiger partial charge in [0.2, 0.25) is 0 Å². The van der Waals surface area contributed by atoms with E-state index in [1.165, 1.54) is 23.0 Å². The number of rotatable bonds is 1. The lowest BCUT2D eigenvalue weighted by atomic mass is 10.1. The molecule has 1 aliphatic heterocycles. The van der Waals surface area contributed by atoms with Gasteiger partial charge in [0.05, 0.1) is 33.1 Å². The molecule has 102 valence electrons. The predicted molar refractivity (Wildman–Crippen MR) is 80.6 cm³/mol. The Morgan fingerprint density at radius 1 is 1.40 bits per heavy atom. The van der Waals surface area contributed by atoms with Gasteiger partial charge < -0.3 is 4.90 Å². The molecule has 0 unspecified atom stereocenters. The van der Waals surface area contributed by atoms with Gasteiger partial charge in [0.25, 0.3) is 0 Å². The first-order valence-corrected chi connectivity index (χ1v) is 7.83. The quantitative estimate of drug-likeness (QED) is 0.729. The smallest absolute Gasteiger partial charge is 0.186 e. The molecule has 0 saturated carbocycles. The van der Waals surface area contributed by atoms with Crippen molar-refractivity contribution in [3.63, 3.8) is 0 Å². The fraction of sp³-hybridized carbons (Fsp3) is 0.231. The van der Waals surface area contributed by atoms with Crippen molar-refractivity contribution in [1.82, 2.24) is 15.2 Å². The van der Waals surface area contributed by atoms with Crippen LogP contribution in [0.4, 0.5) is 9.52 Å². The topological polar surface area (TPSA) is 44.8 Å². The Labute approximate surface area is 126 Å². The second-order valence-electron chi connectivity index (χ2n) is 4.78. The van der Waals surface area contributed by atoms with Crippen molar-refractivity contribution in [2.75, 3.05) is 11.4 Å². The molecule has 0 fully saturated rings. The molecule has 7 heteroatoms. The summed E-state index contributed by atoms with van der Waals surface area (Å²) in [5, 5.41) is 8.03. The number of benzene rings is 1. The molecule has 4 nitrogen and oxygen atoms in total. The SMILES string of the molecule is Fc1cc2sc(N3CCc4cn[nH]c4C3)nc2cc1Br. The number of thiazole rings is 1. The van der Waals surface area contributed by atoms with E-state index >= 15 is 0 Å². The van der Waals surface area contributed by atoms with E-state index in [0.717, 1.165) is 40.6 Å². The summed E-state index contributed by atoms with van der Waals surface area (Å²) in [6.07, 6.45) is 2.84. The monoisotopic (exact) mass is 352 g/mol. The molecule has 3 heterocycles. The van der Waals surface area contributed by atoms with Gasteiger partial charge in [-0.25, -0.2) is 9.37 Å². The Bertz CT molecular complexity index is 758. The van der Waals surface area contributed by atoms with Gasteiger partial charge in [-0.15, -0.1) is 0 Å². The molecule has 0 spiro atoms. The second kappa shape index (κ2) is 4.53. The van der Waals surface area contributed by atoms with Crippen LogP contribution < -0.4 is 4.90 Å². The zero-order valence-corrected chi connectivity index (χ0v) is 12.8. The Kier molecular flexibility index (Phi) is 2.78. The molecule has 0 aliphatic carbocycles. The largest absolute Gasteiger partial charge is 0.342 e. The summed E-state index contributed by atoms with van der Waals surface area (Å²) < 4.78 is 14.9. The number of fused-ring (bicyclic) bond motifs is 2. The zero-order chi connectivity index (χ0) is 13.7. The van der Waals surface area contributed by atoms with E-state index in [0.29, 0.717) is 4.47 Å². The van der Waals surface area contributed by atoms with Gasteiger partial charge in [-0.3, -0.25) is 5.10 Å². The first kappa shape index (κ1) is 12.3. The molecule has 20 heavy (non-hydrogen) atoms. The van der Waals surface area contributed by atoms with Crippen LogP contribution in [0.25, 0.3) is 10.2 Å². The van der Waals surface area contributed by atoms with Crippen LogP contribution >= 0.6 is 27.3 Å². The molecular formula is C13H10BrFN4S. The van der Waals surface area contributed by atoms with E-state index in [9.17, 15) is 4.39 Å². The van der Waals surface area contributed by atoms with E-state index in [1.54, 1.807) is 6.07 Å². The highest BCUT2D eigenvalue weighted by atomic mass is 79.9. The number of aromatic nitrogens is 3. The van der Waals surface area contributed by atoms with Crippen LogP contribution in [0.15, 0.2) is 22.8 Å². The molecule has 4 rings (SSSR count). The number of nitrogens with one attached hydrogen (secondary N) is 1. The summed E-state index contributed by atoms with van der Waals surface area (Å²) in [4.78, 5) is 6.81. The molecule has 0 radical (unpaired) electrons. The first-order valence-electron chi connectivity index (χ1n) is 6.22. The van der Waals surface area contributed by atoms with E-state index in [-0.39, 0.29) is 5.82 Å². The maximum absolute atomic E-state index is 13.6. The lowest BCUT2D eigenvalue weighted by molar-refractivity contribution is 0.623. The van der Waals surface area contributed by atoms with Crippen LogP contribution in [0.3, 0.4) is 0 Å². The number of anilines is 1. The molecule has 0 bridgehead atoms. The number of hydrogen-bond donors (Lipinski definition) is 1. The summed E-state index contributed by atoms with van der Waals surface area (Å²) in [5.74, 6) is -0.248. The molecule has 0 amide bonds. The Hall–Kier alpha value is -1.47. The zero-order valence-electron chi connectivity index (χ0n) is 10.4. The van der Waals surface area contributed by atoms with Crippen molar-refractivity contribution < 1.29 is 4.39 Å². The van der Waals surface area contributed by atoms with E-state index in [4.69, 9.17) is 0 Å². The molecular weight excluding hydrogens is 343 g/mol.